The van der Waals surface area contributed by atoms with Gasteiger partial charge in [0.15, 0.2) is 0 Å². The standard InChI is InChI=1S/C11H10F2N2O2S/c1-6-7(2-15(14-6)3-10(16)17)8-4-18-5-9(8)11(12)13/h2,4-5,11H,3H2,1H3,(H,16,17). The summed E-state index contributed by atoms with van der Waals surface area (Å²) < 4.78 is 26.8. The van der Waals surface area contributed by atoms with Crippen LogP contribution in [0.1, 0.15) is 17.7 Å². The smallest absolute Gasteiger partial charge is 0.325 e. The first-order valence-corrected chi connectivity index (χ1v) is 6.03. The van der Waals surface area contributed by atoms with Crippen LogP contribution in [0.3, 0.4) is 0 Å². The van der Waals surface area contributed by atoms with Crippen molar-refractivity contribution in [2.75, 3.05) is 0 Å². The summed E-state index contributed by atoms with van der Waals surface area (Å²) in [5, 5.41) is 15.7. The molecule has 96 valence electrons. The van der Waals surface area contributed by atoms with E-state index in [0.29, 0.717) is 16.8 Å². The zero-order valence-electron chi connectivity index (χ0n) is 9.43. The van der Waals surface area contributed by atoms with E-state index in [1.807, 2.05) is 0 Å². The molecule has 0 fully saturated rings. The third-order valence-electron chi connectivity index (χ3n) is 2.46. The van der Waals surface area contributed by atoms with E-state index in [1.54, 1.807) is 12.3 Å². The predicted molar refractivity (Wildman–Crippen MR) is 62.9 cm³/mol. The zero-order chi connectivity index (χ0) is 13.3. The first-order valence-electron chi connectivity index (χ1n) is 5.09. The number of carboxylic acid groups (broad SMARTS) is 1. The fraction of sp³-hybridized carbons (Fsp3) is 0.273. The van der Waals surface area contributed by atoms with Crippen molar-refractivity contribution in [1.29, 1.82) is 0 Å². The van der Waals surface area contributed by atoms with Crippen molar-refractivity contribution in [3.8, 4) is 11.1 Å². The highest BCUT2D eigenvalue weighted by Gasteiger charge is 2.18. The number of aromatic nitrogens is 2. The monoisotopic (exact) mass is 272 g/mol. The third kappa shape index (κ3) is 2.40. The number of rotatable bonds is 4. The summed E-state index contributed by atoms with van der Waals surface area (Å²) in [6.07, 6.45) is -1.06. The van der Waals surface area contributed by atoms with E-state index in [-0.39, 0.29) is 12.1 Å². The Morgan fingerprint density at radius 1 is 1.50 bits per heavy atom. The minimum Gasteiger partial charge on any atom is -0.480 e. The zero-order valence-corrected chi connectivity index (χ0v) is 10.2. The number of aryl methyl sites for hydroxylation is 1. The second kappa shape index (κ2) is 4.85. The van der Waals surface area contributed by atoms with Crippen molar-refractivity contribution >= 4 is 17.3 Å². The molecule has 0 saturated heterocycles. The average molecular weight is 272 g/mol. The van der Waals surface area contributed by atoms with Gasteiger partial charge in [0.1, 0.15) is 6.54 Å². The number of carbonyl (C=O) groups is 1. The molecule has 0 aliphatic rings. The fourth-order valence-corrected chi connectivity index (χ4v) is 2.54. The van der Waals surface area contributed by atoms with Crippen molar-refractivity contribution in [2.24, 2.45) is 0 Å². The number of alkyl halides is 2. The molecule has 7 heteroatoms. The Labute approximate surface area is 105 Å². The molecule has 0 atom stereocenters. The molecule has 0 radical (unpaired) electrons. The maximum absolute atomic E-state index is 12.8. The molecule has 2 heterocycles. The molecule has 0 saturated carbocycles. The van der Waals surface area contributed by atoms with Crippen LogP contribution < -0.4 is 0 Å². The second-order valence-corrected chi connectivity index (χ2v) is 4.50. The van der Waals surface area contributed by atoms with Crippen LogP contribution in [0.25, 0.3) is 11.1 Å². The summed E-state index contributed by atoms with van der Waals surface area (Å²) in [5.74, 6) is -1.02. The molecule has 0 aliphatic carbocycles. The number of nitrogens with zero attached hydrogens (tertiary/aromatic N) is 2. The first kappa shape index (κ1) is 12.7. The minimum absolute atomic E-state index is 0.0435. The van der Waals surface area contributed by atoms with Crippen LogP contribution >= 0.6 is 11.3 Å². The lowest BCUT2D eigenvalue weighted by Gasteiger charge is -2.00. The summed E-state index contributed by atoms with van der Waals surface area (Å²) in [6.45, 7) is 1.38. The Morgan fingerprint density at radius 2 is 2.22 bits per heavy atom. The third-order valence-corrected chi connectivity index (χ3v) is 3.22. The first-order chi connectivity index (χ1) is 8.49. The Kier molecular flexibility index (Phi) is 3.42. The predicted octanol–water partition coefficient (Wildman–Crippen LogP) is 2.94. The van der Waals surface area contributed by atoms with E-state index in [2.05, 4.69) is 5.10 Å². The SMILES string of the molecule is Cc1nn(CC(=O)O)cc1-c1cscc1C(F)F. The largest absolute Gasteiger partial charge is 0.480 e. The summed E-state index contributed by atoms with van der Waals surface area (Å²) in [6, 6.07) is 0. The number of hydrogen-bond donors (Lipinski definition) is 1. The minimum atomic E-state index is -2.55. The fourth-order valence-electron chi connectivity index (χ4n) is 1.70. The van der Waals surface area contributed by atoms with Gasteiger partial charge in [0.05, 0.1) is 5.69 Å². The molecule has 0 bridgehead atoms. The van der Waals surface area contributed by atoms with Gasteiger partial charge in [-0.1, -0.05) is 0 Å². The number of halogens is 2. The van der Waals surface area contributed by atoms with Gasteiger partial charge in [-0.05, 0) is 12.3 Å². The van der Waals surface area contributed by atoms with Gasteiger partial charge >= 0.3 is 5.97 Å². The highest BCUT2D eigenvalue weighted by atomic mass is 32.1. The van der Waals surface area contributed by atoms with Crippen molar-refractivity contribution in [1.82, 2.24) is 9.78 Å². The molecule has 4 nitrogen and oxygen atoms in total. The lowest BCUT2D eigenvalue weighted by Crippen LogP contribution is -2.08. The Morgan fingerprint density at radius 3 is 2.83 bits per heavy atom. The summed E-state index contributed by atoms with van der Waals surface area (Å²) in [7, 11) is 0. The Bertz CT molecular complexity index is 577. The highest BCUT2D eigenvalue weighted by Crippen LogP contribution is 2.35. The molecule has 2 aromatic heterocycles. The van der Waals surface area contributed by atoms with E-state index in [1.165, 1.54) is 27.6 Å². The molecule has 0 unspecified atom stereocenters. The molecule has 0 spiro atoms. The lowest BCUT2D eigenvalue weighted by atomic mass is 10.1. The van der Waals surface area contributed by atoms with E-state index >= 15 is 0 Å². The van der Waals surface area contributed by atoms with Crippen molar-refractivity contribution in [3.63, 3.8) is 0 Å². The molecule has 18 heavy (non-hydrogen) atoms. The maximum Gasteiger partial charge on any atom is 0.325 e. The summed E-state index contributed by atoms with van der Waals surface area (Å²) in [5.41, 5.74) is 1.46. The lowest BCUT2D eigenvalue weighted by molar-refractivity contribution is -0.137. The van der Waals surface area contributed by atoms with Crippen LogP contribution in [0, 0.1) is 6.92 Å². The van der Waals surface area contributed by atoms with Gasteiger partial charge in [-0.3, -0.25) is 9.48 Å². The summed E-state index contributed by atoms with van der Waals surface area (Å²) >= 11 is 1.19. The van der Waals surface area contributed by atoms with E-state index in [9.17, 15) is 13.6 Å². The van der Waals surface area contributed by atoms with Crippen LogP contribution in [0.5, 0.6) is 0 Å². The Hall–Kier alpha value is -1.76. The molecular weight excluding hydrogens is 262 g/mol. The topological polar surface area (TPSA) is 55.1 Å². The normalized spacial score (nSPS) is 11.1. The van der Waals surface area contributed by atoms with Crippen LogP contribution in [-0.2, 0) is 11.3 Å². The van der Waals surface area contributed by atoms with Gasteiger partial charge in [0.2, 0.25) is 0 Å². The van der Waals surface area contributed by atoms with E-state index in [0.717, 1.165) is 0 Å². The number of aliphatic carboxylic acids is 1. The molecule has 0 aliphatic heterocycles. The second-order valence-electron chi connectivity index (χ2n) is 3.76. The van der Waals surface area contributed by atoms with Gasteiger partial charge in [-0.25, -0.2) is 8.78 Å². The van der Waals surface area contributed by atoms with Crippen LogP contribution in [0.4, 0.5) is 8.78 Å². The summed E-state index contributed by atoms with van der Waals surface area (Å²) in [4.78, 5) is 10.6. The molecule has 2 aromatic rings. The quantitative estimate of drug-likeness (QED) is 0.931. The Balaban J connectivity index is 2.41. The van der Waals surface area contributed by atoms with Gasteiger partial charge < -0.3 is 5.11 Å². The van der Waals surface area contributed by atoms with Crippen LogP contribution in [-0.4, -0.2) is 20.9 Å². The van der Waals surface area contributed by atoms with Gasteiger partial charge in [-0.2, -0.15) is 16.4 Å². The number of hydrogen-bond acceptors (Lipinski definition) is 3. The average Bonchev–Trinajstić information content (AvgIpc) is 2.83. The number of thiophene rings is 1. The molecule has 0 amide bonds. The molecular formula is C11H10F2N2O2S. The molecule has 1 N–H and O–H groups in total. The van der Waals surface area contributed by atoms with Gasteiger partial charge in [0.25, 0.3) is 6.43 Å². The van der Waals surface area contributed by atoms with Crippen molar-refractivity contribution in [3.05, 3.63) is 28.2 Å². The van der Waals surface area contributed by atoms with Gasteiger partial charge in [-0.15, -0.1) is 0 Å². The van der Waals surface area contributed by atoms with Crippen LogP contribution in [0.15, 0.2) is 17.0 Å². The van der Waals surface area contributed by atoms with E-state index in [4.69, 9.17) is 5.11 Å². The highest BCUT2D eigenvalue weighted by molar-refractivity contribution is 7.08. The number of carboxylic acids is 1. The molecule has 0 aromatic carbocycles. The maximum atomic E-state index is 12.8. The van der Waals surface area contributed by atoms with Crippen molar-refractivity contribution < 1.29 is 18.7 Å². The van der Waals surface area contributed by atoms with Crippen LogP contribution in [0.2, 0.25) is 0 Å². The van der Waals surface area contributed by atoms with E-state index < -0.39 is 12.4 Å². The van der Waals surface area contributed by atoms with Gasteiger partial charge in [0, 0.05) is 28.3 Å². The molecule has 2 rings (SSSR count). The van der Waals surface area contributed by atoms with Crippen molar-refractivity contribution in [2.45, 2.75) is 19.9 Å².